The van der Waals surface area contributed by atoms with Crippen LogP contribution in [0.25, 0.3) is 16.7 Å². The number of rotatable bonds is 1. The summed E-state index contributed by atoms with van der Waals surface area (Å²) in [5.41, 5.74) is 3.08. The van der Waals surface area contributed by atoms with Gasteiger partial charge in [-0.05, 0) is 64.5 Å². The van der Waals surface area contributed by atoms with Gasteiger partial charge in [0.1, 0.15) is 0 Å². The van der Waals surface area contributed by atoms with Gasteiger partial charge in [0.2, 0.25) is 0 Å². The van der Waals surface area contributed by atoms with Crippen molar-refractivity contribution in [1.82, 2.24) is 9.55 Å². The Balaban J connectivity index is 2.36. The number of H-pyrrole nitrogens is 1. The van der Waals surface area contributed by atoms with Crippen LogP contribution >= 0.6 is 60.0 Å². The Hall–Kier alpha value is -0.430. The van der Waals surface area contributed by atoms with E-state index in [2.05, 4.69) is 52.8 Å². The minimum absolute atomic E-state index is 0.677. The number of nitrogens with one attached hydrogen (secondary N) is 1. The molecule has 0 aliphatic rings. The van der Waals surface area contributed by atoms with Crippen LogP contribution in [0.15, 0.2) is 49.8 Å². The molecule has 1 N–H and O–H groups in total. The summed E-state index contributed by atoms with van der Waals surface area (Å²) in [4.78, 5) is 3.22. The second-order valence-corrected chi connectivity index (χ2v) is 7.10. The molecule has 2 aromatic carbocycles. The lowest BCUT2D eigenvalue weighted by molar-refractivity contribution is 1.06. The van der Waals surface area contributed by atoms with Gasteiger partial charge in [-0.2, -0.15) is 0 Å². The molecule has 0 fully saturated rings. The third-order valence-corrected chi connectivity index (χ3v) is 4.70. The molecule has 0 unspecified atom stereocenters. The highest BCUT2D eigenvalue weighted by molar-refractivity contribution is 9.11. The van der Waals surface area contributed by atoms with Gasteiger partial charge in [0, 0.05) is 13.4 Å². The largest absolute Gasteiger partial charge is 0.330 e. The Morgan fingerprint density at radius 3 is 2.37 bits per heavy atom. The maximum absolute atomic E-state index is 5.43. The summed E-state index contributed by atoms with van der Waals surface area (Å²) in [7, 11) is 0. The van der Waals surface area contributed by atoms with Crippen LogP contribution < -0.4 is 0 Å². The molecule has 0 aliphatic carbocycles. The number of aromatic amines is 1. The predicted octanol–water partition coefficient (Wildman–Crippen LogP) is 5.98. The maximum Gasteiger partial charge on any atom is 0.182 e. The summed E-state index contributed by atoms with van der Waals surface area (Å²) >= 11 is 15.9. The first-order valence-corrected chi connectivity index (χ1v) is 8.21. The minimum atomic E-state index is 0.677. The molecular weight excluding hydrogens is 456 g/mol. The molecule has 1 heterocycles. The van der Waals surface area contributed by atoms with Crippen LogP contribution in [0.2, 0.25) is 0 Å². The van der Waals surface area contributed by atoms with Crippen molar-refractivity contribution in [3.8, 4) is 5.69 Å². The number of nitrogens with zero attached hydrogens (tertiary/aromatic N) is 1. The first kappa shape index (κ1) is 13.5. The van der Waals surface area contributed by atoms with Crippen LogP contribution in [0, 0.1) is 4.77 Å². The lowest BCUT2D eigenvalue weighted by Gasteiger charge is -2.07. The Morgan fingerprint density at radius 1 is 0.947 bits per heavy atom. The Morgan fingerprint density at radius 2 is 1.63 bits per heavy atom. The zero-order valence-electron chi connectivity index (χ0n) is 9.45. The van der Waals surface area contributed by atoms with Crippen molar-refractivity contribution in [2.24, 2.45) is 0 Å². The van der Waals surface area contributed by atoms with E-state index in [0.29, 0.717) is 4.77 Å². The van der Waals surface area contributed by atoms with E-state index in [-0.39, 0.29) is 0 Å². The van der Waals surface area contributed by atoms with E-state index < -0.39 is 0 Å². The minimum Gasteiger partial charge on any atom is -0.330 e. The van der Waals surface area contributed by atoms with Gasteiger partial charge >= 0.3 is 0 Å². The molecule has 0 spiro atoms. The van der Waals surface area contributed by atoms with Crippen LogP contribution in [0.1, 0.15) is 0 Å². The molecule has 0 saturated heterocycles. The molecule has 96 valence electrons. The van der Waals surface area contributed by atoms with Gasteiger partial charge in [-0.25, -0.2) is 0 Å². The maximum atomic E-state index is 5.43. The van der Waals surface area contributed by atoms with Crippen molar-refractivity contribution in [3.63, 3.8) is 0 Å². The Bertz CT molecular complexity index is 836. The molecule has 1 aromatic heterocycles. The zero-order chi connectivity index (χ0) is 13.6. The first-order chi connectivity index (χ1) is 9.06. The van der Waals surface area contributed by atoms with Gasteiger partial charge in [0.05, 0.1) is 16.7 Å². The van der Waals surface area contributed by atoms with Crippen LogP contribution in [-0.2, 0) is 0 Å². The molecule has 3 aromatic rings. The molecule has 0 bridgehead atoms. The molecule has 2 nitrogen and oxygen atoms in total. The molecule has 19 heavy (non-hydrogen) atoms. The lowest BCUT2D eigenvalue weighted by atomic mass is 10.3. The van der Waals surface area contributed by atoms with E-state index >= 15 is 0 Å². The van der Waals surface area contributed by atoms with Gasteiger partial charge in [0.25, 0.3) is 0 Å². The number of aromatic nitrogens is 2. The van der Waals surface area contributed by atoms with E-state index in [1.54, 1.807) is 0 Å². The Labute approximate surface area is 140 Å². The normalized spacial score (nSPS) is 11.1. The number of benzene rings is 2. The number of hydrogen-bond acceptors (Lipinski definition) is 1. The predicted molar refractivity (Wildman–Crippen MR) is 91.6 cm³/mol. The van der Waals surface area contributed by atoms with E-state index in [9.17, 15) is 0 Å². The monoisotopic (exact) mass is 460 g/mol. The van der Waals surface area contributed by atoms with Crippen molar-refractivity contribution in [2.45, 2.75) is 0 Å². The fourth-order valence-electron chi connectivity index (χ4n) is 1.99. The van der Waals surface area contributed by atoms with Gasteiger partial charge < -0.3 is 4.98 Å². The Kier molecular flexibility index (Phi) is 3.68. The van der Waals surface area contributed by atoms with Crippen LogP contribution in [-0.4, -0.2) is 9.55 Å². The van der Waals surface area contributed by atoms with Crippen molar-refractivity contribution in [3.05, 3.63) is 54.6 Å². The van der Waals surface area contributed by atoms with Crippen molar-refractivity contribution < 1.29 is 0 Å². The fraction of sp³-hybridized carbons (Fsp3) is 0. The second-order valence-electron chi connectivity index (χ2n) is 4.02. The fourth-order valence-corrected chi connectivity index (χ4v) is 3.88. The highest BCUT2D eigenvalue weighted by Crippen LogP contribution is 2.29. The van der Waals surface area contributed by atoms with Gasteiger partial charge in [-0.15, -0.1) is 0 Å². The SMILES string of the molecule is S=c1[nH]c2cc(Br)ccc2n1-c1ccc(Br)cc1Br. The zero-order valence-corrected chi connectivity index (χ0v) is 15.0. The highest BCUT2D eigenvalue weighted by atomic mass is 79.9. The second kappa shape index (κ2) is 5.16. The third-order valence-electron chi connectivity index (χ3n) is 2.79. The molecular formula is C13H7Br3N2S. The summed E-state index contributed by atoms with van der Waals surface area (Å²) in [6.45, 7) is 0. The standard InChI is InChI=1S/C13H7Br3N2S/c14-7-1-3-11(9(16)5-7)18-12-4-2-8(15)6-10(12)17-13(18)19/h1-6H,(H,17,19). The number of halogens is 3. The van der Waals surface area contributed by atoms with E-state index in [4.69, 9.17) is 12.2 Å². The molecule has 0 radical (unpaired) electrons. The van der Waals surface area contributed by atoms with Crippen molar-refractivity contribution in [1.29, 1.82) is 0 Å². The average Bonchev–Trinajstić information content (AvgIpc) is 2.65. The molecule has 3 rings (SSSR count). The van der Waals surface area contributed by atoms with Crippen LogP contribution in [0.3, 0.4) is 0 Å². The molecule has 0 amide bonds. The molecule has 6 heteroatoms. The topological polar surface area (TPSA) is 20.7 Å². The molecule has 0 atom stereocenters. The number of hydrogen-bond donors (Lipinski definition) is 1. The van der Waals surface area contributed by atoms with Crippen molar-refractivity contribution >= 4 is 71.0 Å². The summed E-state index contributed by atoms with van der Waals surface area (Å²) < 4.78 is 5.74. The average molecular weight is 463 g/mol. The third kappa shape index (κ3) is 2.46. The van der Waals surface area contributed by atoms with E-state index in [1.165, 1.54) is 0 Å². The molecule has 0 saturated carbocycles. The van der Waals surface area contributed by atoms with E-state index in [0.717, 1.165) is 30.1 Å². The van der Waals surface area contributed by atoms with Crippen LogP contribution in [0.4, 0.5) is 0 Å². The van der Waals surface area contributed by atoms with Crippen LogP contribution in [0.5, 0.6) is 0 Å². The highest BCUT2D eigenvalue weighted by Gasteiger charge is 2.10. The van der Waals surface area contributed by atoms with Gasteiger partial charge in [0.15, 0.2) is 4.77 Å². The smallest absolute Gasteiger partial charge is 0.182 e. The lowest BCUT2D eigenvalue weighted by Crippen LogP contribution is -1.95. The van der Waals surface area contributed by atoms with Crippen molar-refractivity contribution in [2.75, 3.05) is 0 Å². The van der Waals surface area contributed by atoms with Gasteiger partial charge in [-0.1, -0.05) is 31.9 Å². The summed E-state index contributed by atoms with van der Waals surface area (Å²) in [5, 5.41) is 0. The summed E-state index contributed by atoms with van der Waals surface area (Å²) in [5.74, 6) is 0. The quantitative estimate of drug-likeness (QED) is 0.441. The van der Waals surface area contributed by atoms with E-state index in [1.807, 2.05) is 41.0 Å². The summed E-state index contributed by atoms with van der Waals surface area (Å²) in [6.07, 6.45) is 0. The number of fused-ring (bicyclic) bond motifs is 1. The summed E-state index contributed by atoms with van der Waals surface area (Å²) in [6, 6.07) is 12.1. The van der Waals surface area contributed by atoms with Gasteiger partial charge in [-0.3, -0.25) is 4.57 Å². The number of imidazole rings is 1. The first-order valence-electron chi connectivity index (χ1n) is 5.42. The molecule has 0 aliphatic heterocycles.